The number of nitrogens with zero attached hydrogens (tertiary/aromatic N) is 1. The predicted molar refractivity (Wildman–Crippen MR) is 102 cm³/mol. The maximum Gasteiger partial charge on any atom is 0.273 e. The van der Waals surface area contributed by atoms with Crippen molar-refractivity contribution < 1.29 is 18.1 Å². The molecule has 8 nitrogen and oxygen atoms in total. The largest absolute Gasteiger partial charge is 0.352 e. The molecule has 0 saturated heterocycles. The zero-order valence-electron chi connectivity index (χ0n) is 15.2. The van der Waals surface area contributed by atoms with Gasteiger partial charge in [-0.3, -0.25) is 19.6 Å². The summed E-state index contributed by atoms with van der Waals surface area (Å²) in [6.45, 7) is 5.86. The summed E-state index contributed by atoms with van der Waals surface area (Å²) < 4.78 is 27.7. The minimum Gasteiger partial charge on any atom is -0.352 e. The molecule has 0 radical (unpaired) electrons. The molecule has 0 bridgehead atoms. The molecule has 2 N–H and O–H groups in total. The summed E-state index contributed by atoms with van der Waals surface area (Å²) in [6, 6.07) is 9.84. The Balaban J connectivity index is 2.35. The average Bonchev–Trinajstić information content (AvgIpc) is 2.59. The van der Waals surface area contributed by atoms with E-state index in [2.05, 4.69) is 10.0 Å². The smallest absolute Gasteiger partial charge is 0.273 e. The Labute approximate surface area is 157 Å². The second kappa shape index (κ2) is 8.17. The van der Waals surface area contributed by atoms with Crippen LogP contribution in [-0.2, 0) is 10.0 Å². The minimum atomic E-state index is -4.11. The summed E-state index contributed by atoms with van der Waals surface area (Å²) in [5.41, 5.74) is 0.332. The molecule has 144 valence electrons. The third kappa shape index (κ3) is 5.04. The molecule has 2 aromatic carbocycles. The Morgan fingerprint density at radius 1 is 1.19 bits per heavy atom. The first-order chi connectivity index (χ1) is 12.6. The number of nitro groups is 1. The van der Waals surface area contributed by atoms with Crippen molar-refractivity contribution in [3.8, 4) is 0 Å². The van der Waals surface area contributed by atoms with Crippen molar-refractivity contribution in [1.82, 2.24) is 5.32 Å². The highest BCUT2D eigenvalue weighted by molar-refractivity contribution is 7.92. The molecule has 0 atom stereocenters. The van der Waals surface area contributed by atoms with Crippen LogP contribution in [0.15, 0.2) is 47.4 Å². The zero-order chi connectivity index (χ0) is 20.2. The van der Waals surface area contributed by atoms with Gasteiger partial charge in [-0.2, -0.15) is 0 Å². The van der Waals surface area contributed by atoms with E-state index in [1.165, 1.54) is 31.2 Å². The Morgan fingerprint density at radius 3 is 2.48 bits per heavy atom. The second-order valence-electron chi connectivity index (χ2n) is 6.46. The lowest BCUT2D eigenvalue weighted by Gasteiger charge is -2.13. The van der Waals surface area contributed by atoms with Crippen molar-refractivity contribution in [2.75, 3.05) is 11.3 Å². The van der Waals surface area contributed by atoms with E-state index in [4.69, 9.17) is 0 Å². The number of para-hydroxylation sites is 1. The van der Waals surface area contributed by atoms with Crippen LogP contribution >= 0.6 is 0 Å². The van der Waals surface area contributed by atoms with Crippen molar-refractivity contribution in [2.24, 2.45) is 5.92 Å². The molecule has 0 aliphatic rings. The first-order valence-corrected chi connectivity index (χ1v) is 9.75. The third-order valence-corrected chi connectivity index (χ3v) is 5.14. The summed E-state index contributed by atoms with van der Waals surface area (Å²) in [6.07, 6.45) is 0. The van der Waals surface area contributed by atoms with Gasteiger partial charge in [0.15, 0.2) is 0 Å². The molecule has 9 heteroatoms. The number of rotatable bonds is 7. The molecule has 0 heterocycles. The number of amides is 1. The lowest BCUT2D eigenvalue weighted by Crippen LogP contribution is -2.28. The van der Waals surface area contributed by atoms with Gasteiger partial charge in [-0.15, -0.1) is 0 Å². The number of carbonyl (C=O) groups is 1. The van der Waals surface area contributed by atoms with Crippen LogP contribution < -0.4 is 10.0 Å². The third-order valence-electron chi connectivity index (χ3n) is 3.77. The van der Waals surface area contributed by atoms with Crippen molar-refractivity contribution in [3.05, 3.63) is 63.7 Å². The van der Waals surface area contributed by atoms with Crippen molar-refractivity contribution in [3.63, 3.8) is 0 Å². The highest BCUT2D eigenvalue weighted by Crippen LogP contribution is 2.25. The Morgan fingerprint density at radius 2 is 1.85 bits per heavy atom. The molecule has 0 fully saturated rings. The van der Waals surface area contributed by atoms with Gasteiger partial charge in [-0.1, -0.05) is 32.0 Å². The topological polar surface area (TPSA) is 118 Å². The van der Waals surface area contributed by atoms with Crippen molar-refractivity contribution >= 4 is 27.3 Å². The molecule has 0 saturated carbocycles. The predicted octanol–water partition coefficient (Wildman–Crippen LogP) is 3.09. The molecule has 1 amide bonds. The lowest BCUT2D eigenvalue weighted by atomic mass is 10.1. The van der Waals surface area contributed by atoms with Crippen LogP contribution in [0.25, 0.3) is 0 Å². The number of carbonyl (C=O) groups excluding carboxylic acids is 1. The summed E-state index contributed by atoms with van der Waals surface area (Å²) >= 11 is 0. The summed E-state index contributed by atoms with van der Waals surface area (Å²) in [7, 11) is -4.11. The number of hydrogen-bond acceptors (Lipinski definition) is 5. The first kappa shape index (κ1) is 20.4. The molecular formula is C18H21N3O5S. The van der Waals surface area contributed by atoms with Gasteiger partial charge in [0.1, 0.15) is 0 Å². The molecule has 2 rings (SSSR count). The van der Waals surface area contributed by atoms with Crippen molar-refractivity contribution in [1.29, 1.82) is 0 Å². The number of nitro benzene ring substituents is 1. The number of anilines is 1. The molecule has 0 aromatic heterocycles. The van der Waals surface area contributed by atoms with Crippen molar-refractivity contribution in [2.45, 2.75) is 25.7 Å². The molecule has 2 aromatic rings. The maximum absolute atomic E-state index is 12.7. The normalized spacial score (nSPS) is 11.3. The fourth-order valence-electron chi connectivity index (χ4n) is 2.32. The van der Waals surface area contributed by atoms with Gasteiger partial charge in [0, 0.05) is 18.2 Å². The van der Waals surface area contributed by atoms with Crippen LogP contribution in [0.2, 0.25) is 0 Å². The minimum absolute atomic E-state index is 0.0991. The Kier molecular flexibility index (Phi) is 6.17. The fraction of sp³-hybridized carbons (Fsp3) is 0.278. The van der Waals surface area contributed by atoms with Crippen LogP contribution in [0.3, 0.4) is 0 Å². The summed E-state index contributed by atoms with van der Waals surface area (Å²) in [5, 5.41) is 13.8. The van der Waals surface area contributed by atoms with E-state index < -0.39 is 20.9 Å². The number of hydrogen-bond donors (Lipinski definition) is 2. The summed E-state index contributed by atoms with van der Waals surface area (Å²) in [5.74, 6) is -0.164. The van der Waals surface area contributed by atoms with E-state index >= 15 is 0 Å². The van der Waals surface area contributed by atoms with Gasteiger partial charge in [0.05, 0.1) is 21.1 Å². The van der Waals surface area contributed by atoms with Gasteiger partial charge in [0.2, 0.25) is 0 Å². The monoisotopic (exact) mass is 391 g/mol. The number of aryl methyl sites for hydroxylation is 1. The maximum atomic E-state index is 12.7. The van der Waals surface area contributed by atoms with E-state index in [-0.39, 0.29) is 27.8 Å². The molecule has 0 unspecified atom stereocenters. The van der Waals surface area contributed by atoms with Crippen LogP contribution in [0.4, 0.5) is 11.4 Å². The molecule has 0 aliphatic carbocycles. The number of sulfonamides is 1. The van der Waals surface area contributed by atoms with Crippen LogP contribution in [0.1, 0.15) is 29.8 Å². The highest BCUT2D eigenvalue weighted by Gasteiger charge is 2.22. The van der Waals surface area contributed by atoms with Gasteiger partial charge in [-0.05, 0) is 31.0 Å². The lowest BCUT2D eigenvalue weighted by molar-refractivity contribution is -0.385. The summed E-state index contributed by atoms with van der Waals surface area (Å²) in [4.78, 5) is 22.5. The van der Waals surface area contributed by atoms with Gasteiger partial charge in [0.25, 0.3) is 21.6 Å². The standard InChI is InChI=1S/C18H21N3O5S/c1-12(2)11-19-18(22)15-6-4-5-7-16(15)20-27(25,26)14-9-8-13(3)17(10-14)21(23)24/h4-10,12,20H,11H2,1-3H3,(H,19,22). The van der Waals surface area contributed by atoms with Crippen LogP contribution in [-0.4, -0.2) is 25.8 Å². The quantitative estimate of drug-likeness (QED) is 0.555. The van der Waals surface area contributed by atoms with Gasteiger partial charge in [-0.25, -0.2) is 8.42 Å². The zero-order valence-corrected chi connectivity index (χ0v) is 16.0. The Bertz CT molecular complexity index is 971. The highest BCUT2D eigenvalue weighted by atomic mass is 32.2. The van der Waals surface area contributed by atoms with E-state index in [0.717, 1.165) is 6.07 Å². The molecule has 0 aliphatic heterocycles. The Hall–Kier alpha value is -2.94. The van der Waals surface area contributed by atoms with Crippen LogP contribution in [0, 0.1) is 23.0 Å². The molecular weight excluding hydrogens is 370 g/mol. The number of benzene rings is 2. The fourth-order valence-corrected chi connectivity index (χ4v) is 3.42. The van der Waals surface area contributed by atoms with E-state index in [1.54, 1.807) is 12.1 Å². The second-order valence-corrected chi connectivity index (χ2v) is 8.14. The van der Waals surface area contributed by atoms with Crippen LogP contribution in [0.5, 0.6) is 0 Å². The van der Waals surface area contributed by atoms with Gasteiger partial charge < -0.3 is 5.32 Å². The van der Waals surface area contributed by atoms with E-state index in [1.807, 2.05) is 13.8 Å². The molecule has 0 spiro atoms. The van der Waals surface area contributed by atoms with Gasteiger partial charge >= 0.3 is 0 Å². The average molecular weight is 391 g/mol. The van der Waals surface area contributed by atoms with E-state index in [9.17, 15) is 23.3 Å². The van der Waals surface area contributed by atoms with E-state index in [0.29, 0.717) is 12.1 Å². The first-order valence-electron chi connectivity index (χ1n) is 8.27. The molecule has 27 heavy (non-hydrogen) atoms. The SMILES string of the molecule is Cc1ccc(S(=O)(=O)Nc2ccccc2C(=O)NCC(C)C)cc1[N+](=O)[O-]. The number of nitrogens with one attached hydrogen (secondary N) is 2.